The number of ether oxygens (including phenoxy) is 1. The Labute approximate surface area is 118 Å². The Kier molecular flexibility index (Phi) is 9.88. The lowest BCUT2D eigenvalue weighted by Crippen LogP contribution is -2.42. The van der Waals surface area contributed by atoms with E-state index in [-0.39, 0.29) is 6.61 Å². The van der Waals surface area contributed by atoms with Crippen LogP contribution in [0.3, 0.4) is 0 Å². The summed E-state index contributed by atoms with van der Waals surface area (Å²) in [6.45, 7) is 10.4. The minimum Gasteiger partial charge on any atom is -0.480 e. The van der Waals surface area contributed by atoms with E-state index in [1.54, 1.807) is 0 Å². The van der Waals surface area contributed by atoms with Gasteiger partial charge in [-0.1, -0.05) is 27.7 Å². The van der Waals surface area contributed by atoms with Crippen molar-refractivity contribution in [1.82, 2.24) is 4.90 Å². The Bertz CT molecular complexity index is 242. The van der Waals surface area contributed by atoms with Crippen LogP contribution in [0.1, 0.15) is 47.0 Å². The van der Waals surface area contributed by atoms with Crippen LogP contribution in [0, 0.1) is 11.8 Å². The van der Waals surface area contributed by atoms with Crippen LogP contribution < -0.4 is 0 Å². The first-order valence-electron chi connectivity index (χ1n) is 7.35. The summed E-state index contributed by atoms with van der Waals surface area (Å²) in [5, 5.41) is 9.24. The average Bonchev–Trinajstić information content (AvgIpc) is 2.27. The third kappa shape index (κ3) is 9.91. The third-order valence-corrected chi connectivity index (χ3v) is 3.22. The summed E-state index contributed by atoms with van der Waals surface area (Å²) in [6, 6.07) is -0.528. The van der Waals surface area contributed by atoms with E-state index in [1.165, 1.54) is 0 Å². The predicted octanol–water partition coefficient (Wildman–Crippen LogP) is 2.87. The summed E-state index contributed by atoms with van der Waals surface area (Å²) in [5.41, 5.74) is 0. The summed E-state index contributed by atoms with van der Waals surface area (Å²) in [5.74, 6) is 0.461. The van der Waals surface area contributed by atoms with Crippen molar-refractivity contribution in [3.63, 3.8) is 0 Å². The van der Waals surface area contributed by atoms with Crippen molar-refractivity contribution in [3.05, 3.63) is 0 Å². The van der Waals surface area contributed by atoms with Crippen LogP contribution in [0.4, 0.5) is 0 Å². The molecule has 4 nitrogen and oxygen atoms in total. The lowest BCUT2D eigenvalue weighted by Gasteiger charge is -2.24. The van der Waals surface area contributed by atoms with Gasteiger partial charge in [-0.2, -0.15) is 0 Å². The van der Waals surface area contributed by atoms with E-state index in [1.807, 2.05) is 11.9 Å². The molecule has 1 atom stereocenters. The lowest BCUT2D eigenvalue weighted by molar-refractivity contribution is -0.145. The van der Waals surface area contributed by atoms with Crippen molar-refractivity contribution < 1.29 is 14.6 Å². The van der Waals surface area contributed by atoms with E-state index in [4.69, 9.17) is 4.74 Å². The molecule has 0 fully saturated rings. The molecule has 19 heavy (non-hydrogen) atoms. The van der Waals surface area contributed by atoms with Crippen LogP contribution in [0.5, 0.6) is 0 Å². The van der Waals surface area contributed by atoms with Crippen molar-refractivity contribution in [1.29, 1.82) is 0 Å². The van der Waals surface area contributed by atoms with Gasteiger partial charge < -0.3 is 9.84 Å². The number of carboxylic acids is 1. The molecule has 0 heterocycles. The zero-order chi connectivity index (χ0) is 14.8. The molecule has 0 saturated heterocycles. The molecule has 4 heteroatoms. The number of rotatable bonds is 11. The van der Waals surface area contributed by atoms with Crippen LogP contribution in [0.25, 0.3) is 0 Å². The summed E-state index contributed by atoms with van der Waals surface area (Å²) in [7, 11) is 1.87. The van der Waals surface area contributed by atoms with Crippen LogP contribution >= 0.6 is 0 Å². The number of carboxylic acid groups (broad SMARTS) is 1. The maximum Gasteiger partial charge on any atom is 0.323 e. The van der Waals surface area contributed by atoms with Gasteiger partial charge in [-0.3, -0.25) is 9.69 Å². The molecule has 1 N–H and O–H groups in total. The number of nitrogens with zero attached hydrogens (tertiary/aromatic N) is 1. The Morgan fingerprint density at radius 1 is 1.16 bits per heavy atom. The molecule has 0 aliphatic carbocycles. The van der Waals surface area contributed by atoms with Gasteiger partial charge in [0, 0.05) is 6.61 Å². The first-order chi connectivity index (χ1) is 8.84. The molecular formula is C15H31NO3. The Balaban J connectivity index is 3.98. The Hall–Kier alpha value is -0.610. The van der Waals surface area contributed by atoms with Crippen molar-refractivity contribution in [2.45, 2.75) is 53.0 Å². The van der Waals surface area contributed by atoms with Crippen molar-refractivity contribution in [2.75, 3.05) is 26.8 Å². The highest BCUT2D eigenvalue weighted by Gasteiger charge is 2.22. The van der Waals surface area contributed by atoms with E-state index in [9.17, 15) is 9.90 Å². The van der Waals surface area contributed by atoms with Gasteiger partial charge >= 0.3 is 5.97 Å². The van der Waals surface area contributed by atoms with Gasteiger partial charge in [-0.05, 0) is 44.7 Å². The summed E-state index contributed by atoms with van der Waals surface area (Å²) in [6.07, 6.45) is 3.14. The van der Waals surface area contributed by atoms with E-state index >= 15 is 0 Å². The Morgan fingerprint density at radius 3 is 2.21 bits per heavy atom. The fourth-order valence-corrected chi connectivity index (χ4v) is 1.81. The number of hydrogen-bond acceptors (Lipinski definition) is 3. The number of carbonyl (C=O) groups is 1. The predicted molar refractivity (Wildman–Crippen MR) is 78.4 cm³/mol. The second-order valence-corrected chi connectivity index (χ2v) is 6.13. The first-order valence-corrected chi connectivity index (χ1v) is 7.35. The molecule has 0 saturated carbocycles. The quantitative estimate of drug-likeness (QED) is 0.588. The zero-order valence-corrected chi connectivity index (χ0v) is 13.2. The summed E-state index contributed by atoms with van der Waals surface area (Å²) in [4.78, 5) is 13.1. The van der Waals surface area contributed by atoms with E-state index in [0.717, 1.165) is 25.8 Å². The molecule has 0 aromatic rings. The van der Waals surface area contributed by atoms with Crippen LogP contribution in [-0.2, 0) is 9.53 Å². The Morgan fingerprint density at radius 2 is 1.74 bits per heavy atom. The van der Waals surface area contributed by atoms with Gasteiger partial charge in [-0.15, -0.1) is 0 Å². The van der Waals surface area contributed by atoms with Gasteiger partial charge in [0.15, 0.2) is 0 Å². The van der Waals surface area contributed by atoms with Crippen molar-refractivity contribution >= 4 is 5.97 Å². The maximum absolute atomic E-state index is 11.2. The molecule has 0 aliphatic rings. The van der Waals surface area contributed by atoms with Gasteiger partial charge in [0.05, 0.1) is 6.61 Å². The molecule has 0 amide bonds. The molecule has 1 unspecified atom stereocenters. The van der Waals surface area contributed by atoms with Crippen molar-refractivity contribution in [3.8, 4) is 0 Å². The van der Waals surface area contributed by atoms with Crippen LogP contribution in [0.15, 0.2) is 0 Å². The molecule has 114 valence electrons. The van der Waals surface area contributed by atoms with Gasteiger partial charge in [-0.25, -0.2) is 0 Å². The average molecular weight is 273 g/mol. The molecule has 0 rings (SSSR count). The van der Waals surface area contributed by atoms with E-state index < -0.39 is 12.0 Å². The largest absolute Gasteiger partial charge is 0.480 e. The van der Waals surface area contributed by atoms with Gasteiger partial charge in [0.25, 0.3) is 0 Å². The molecule has 0 bridgehead atoms. The van der Waals surface area contributed by atoms with E-state index in [2.05, 4.69) is 27.7 Å². The highest BCUT2D eigenvalue weighted by Crippen LogP contribution is 2.07. The first kappa shape index (κ1) is 18.4. The third-order valence-electron chi connectivity index (χ3n) is 3.22. The second kappa shape index (κ2) is 10.2. The number of aliphatic carboxylic acids is 1. The monoisotopic (exact) mass is 273 g/mol. The highest BCUT2D eigenvalue weighted by molar-refractivity contribution is 5.73. The summed E-state index contributed by atoms with van der Waals surface area (Å²) < 4.78 is 5.49. The maximum atomic E-state index is 11.2. The smallest absolute Gasteiger partial charge is 0.323 e. The standard InChI is InChI=1S/C15H31NO3/c1-12(2)7-6-9-16(5)14(15(17)18)11-19-10-8-13(3)4/h12-14H,6-11H2,1-5H3,(H,17,18). The minimum absolute atomic E-state index is 0.278. The topological polar surface area (TPSA) is 49.8 Å². The second-order valence-electron chi connectivity index (χ2n) is 6.13. The highest BCUT2D eigenvalue weighted by atomic mass is 16.5. The minimum atomic E-state index is -0.795. The molecular weight excluding hydrogens is 242 g/mol. The van der Waals surface area contributed by atoms with Gasteiger partial charge in [0.1, 0.15) is 6.04 Å². The molecule has 0 spiro atoms. The molecule has 0 aromatic carbocycles. The molecule has 0 radical (unpaired) electrons. The SMILES string of the molecule is CC(C)CCCN(C)C(COCCC(C)C)C(=O)O. The number of likely N-dealkylation sites (N-methyl/N-ethyl adjacent to an activating group) is 1. The zero-order valence-electron chi connectivity index (χ0n) is 13.2. The fraction of sp³-hybridized carbons (Fsp3) is 0.933. The molecule has 0 aromatic heterocycles. The fourth-order valence-electron chi connectivity index (χ4n) is 1.81. The van der Waals surface area contributed by atoms with Crippen LogP contribution in [-0.4, -0.2) is 48.8 Å². The molecule has 0 aliphatic heterocycles. The summed E-state index contributed by atoms with van der Waals surface area (Å²) >= 11 is 0. The number of hydrogen-bond donors (Lipinski definition) is 1. The van der Waals surface area contributed by atoms with Gasteiger partial charge in [0.2, 0.25) is 0 Å². The lowest BCUT2D eigenvalue weighted by atomic mass is 10.1. The van der Waals surface area contributed by atoms with E-state index in [0.29, 0.717) is 18.4 Å². The van der Waals surface area contributed by atoms with Crippen molar-refractivity contribution in [2.24, 2.45) is 11.8 Å². The normalized spacial score (nSPS) is 13.5. The van der Waals surface area contributed by atoms with Crippen LogP contribution in [0.2, 0.25) is 0 Å².